The van der Waals surface area contributed by atoms with Gasteiger partial charge in [0.25, 0.3) is 0 Å². The molecule has 0 radical (unpaired) electrons. The van der Waals surface area contributed by atoms with Crippen molar-refractivity contribution in [3.63, 3.8) is 0 Å². The number of carbonyl (C=O) groups is 1. The lowest BCUT2D eigenvalue weighted by molar-refractivity contribution is -0.139. The van der Waals surface area contributed by atoms with E-state index in [2.05, 4.69) is 5.16 Å². The number of methoxy groups -OCH3 is 1. The molecule has 2 saturated heterocycles. The topological polar surface area (TPSA) is 102 Å². The van der Waals surface area contributed by atoms with E-state index in [1.54, 1.807) is 21.0 Å². The van der Waals surface area contributed by atoms with Crippen LogP contribution in [0.1, 0.15) is 42.7 Å². The summed E-state index contributed by atoms with van der Waals surface area (Å²) < 4.78 is 43.9. The first-order valence-corrected chi connectivity index (χ1v) is 13.2. The number of sulfonamides is 1. The van der Waals surface area contributed by atoms with E-state index >= 15 is 0 Å². The van der Waals surface area contributed by atoms with E-state index in [0.29, 0.717) is 31.6 Å². The van der Waals surface area contributed by atoms with Crippen molar-refractivity contribution in [3.8, 4) is 5.75 Å². The molecular weight excluding hydrogens is 458 g/mol. The molecule has 0 bridgehead atoms. The summed E-state index contributed by atoms with van der Waals surface area (Å²) in [6.45, 7) is 5.53. The van der Waals surface area contributed by atoms with Crippen LogP contribution in [0.5, 0.6) is 5.75 Å². The number of amides is 1. The Balaban J connectivity index is 1.45. The number of nitrogens with zero attached hydrogens (tertiary/aromatic N) is 3. The quantitative estimate of drug-likeness (QED) is 0.559. The number of hydrogen-bond acceptors (Lipinski definition) is 7. The van der Waals surface area contributed by atoms with Crippen molar-refractivity contribution >= 4 is 15.9 Å². The molecular formula is C24H33N3O6S. The minimum Gasteiger partial charge on any atom is -0.497 e. The highest BCUT2D eigenvalue weighted by Gasteiger charge is 2.37. The van der Waals surface area contributed by atoms with Gasteiger partial charge in [-0.2, -0.15) is 4.31 Å². The second-order valence-corrected chi connectivity index (χ2v) is 10.9. The van der Waals surface area contributed by atoms with Crippen molar-refractivity contribution in [2.45, 2.75) is 57.1 Å². The van der Waals surface area contributed by atoms with E-state index in [9.17, 15) is 13.2 Å². The molecule has 3 heterocycles. The summed E-state index contributed by atoms with van der Waals surface area (Å²) in [6, 6.07) is 7.72. The Kier molecular flexibility index (Phi) is 7.59. The van der Waals surface area contributed by atoms with E-state index in [1.165, 1.54) is 4.31 Å². The lowest BCUT2D eigenvalue weighted by Crippen LogP contribution is -2.46. The first-order valence-electron chi connectivity index (χ1n) is 11.8. The Morgan fingerprint density at radius 1 is 1.24 bits per heavy atom. The lowest BCUT2D eigenvalue weighted by atomic mass is 9.96. The summed E-state index contributed by atoms with van der Waals surface area (Å²) >= 11 is 0. The maximum atomic E-state index is 13.6. The molecule has 1 aromatic carbocycles. The van der Waals surface area contributed by atoms with Gasteiger partial charge in [-0.05, 0) is 57.2 Å². The van der Waals surface area contributed by atoms with Crippen LogP contribution in [-0.4, -0.2) is 68.1 Å². The van der Waals surface area contributed by atoms with Crippen LogP contribution < -0.4 is 4.74 Å². The molecule has 2 aromatic rings. The smallest absolute Gasteiger partial charge is 0.248 e. The zero-order chi connectivity index (χ0) is 24.3. The highest BCUT2D eigenvalue weighted by atomic mass is 32.2. The van der Waals surface area contributed by atoms with Gasteiger partial charge in [0, 0.05) is 38.7 Å². The first kappa shape index (κ1) is 24.7. The van der Waals surface area contributed by atoms with Crippen molar-refractivity contribution < 1.29 is 27.2 Å². The zero-order valence-corrected chi connectivity index (χ0v) is 20.8. The maximum absolute atomic E-state index is 13.6. The van der Waals surface area contributed by atoms with Gasteiger partial charge in [-0.1, -0.05) is 17.3 Å². The van der Waals surface area contributed by atoms with Crippen LogP contribution in [0.25, 0.3) is 0 Å². The van der Waals surface area contributed by atoms with Gasteiger partial charge in [-0.25, -0.2) is 8.42 Å². The standard InChI is InChI=1S/C24H33N3O6S/c1-17-23(18(2)33-25-17)34(29,30)27-11-9-20(10-12-27)24(28)26(16-22-8-5-13-32-22)15-19-6-4-7-21(14-19)31-3/h4,6-7,14,20,22H,5,8-13,15-16H2,1-3H3. The van der Waals surface area contributed by atoms with Crippen molar-refractivity contribution in [1.29, 1.82) is 0 Å². The minimum absolute atomic E-state index is 0.0366. The summed E-state index contributed by atoms with van der Waals surface area (Å²) in [5.74, 6) is 0.854. The van der Waals surface area contributed by atoms with Crippen LogP contribution >= 0.6 is 0 Å². The number of benzene rings is 1. The predicted octanol–water partition coefficient (Wildman–Crippen LogP) is 2.91. The Morgan fingerprint density at radius 3 is 2.62 bits per heavy atom. The molecule has 1 aromatic heterocycles. The van der Waals surface area contributed by atoms with Gasteiger partial charge in [0.05, 0.1) is 13.2 Å². The fraction of sp³-hybridized carbons (Fsp3) is 0.583. The fourth-order valence-electron chi connectivity index (χ4n) is 4.83. The van der Waals surface area contributed by atoms with Gasteiger partial charge in [-0.3, -0.25) is 4.79 Å². The average Bonchev–Trinajstić information content (AvgIpc) is 3.47. The second-order valence-electron chi connectivity index (χ2n) is 9.04. The van der Waals surface area contributed by atoms with Gasteiger partial charge in [-0.15, -0.1) is 0 Å². The number of carbonyl (C=O) groups excluding carboxylic acids is 1. The first-order chi connectivity index (χ1) is 16.3. The SMILES string of the molecule is COc1cccc(CN(CC2CCCO2)C(=O)C2CCN(S(=O)(=O)c3c(C)noc3C)CC2)c1. The fourth-order valence-corrected chi connectivity index (χ4v) is 6.59. The molecule has 186 valence electrons. The third kappa shape index (κ3) is 5.29. The molecule has 9 nitrogen and oxygen atoms in total. The molecule has 2 fully saturated rings. The number of rotatable bonds is 8. The largest absolute Gasteiger partial charge is 0.497 e. The highest BCUT2D eigenvalue weighted by Crippen LogP contribution is 2.29. The van der Waals surface area contributed by atoms with Crippen LogP contribution in [0, 0.1) is 19.8 Å². The van der Waals surface area contributed by atoms with Crippen molar-refractivity contribution in [1.82, 2.24) is 14.4 Å². The van der Waals surface area contributed by atoms with Crippen LogP contribution in [-0.2, 0) is 26.1 Å². The number of hydrogen-bond donors (Lipinski definition) is 0. The second kappa shape index (κ2) is 10.5. The Morgan fingerprint density at radius 2 is 2.00 bits per heavy atom. The van der Waals surface area contributed by atoms with Gasteiger partial charge < -0.3 is 18.9 Å². The van der Waals surface area contributed by atoms with Gasteiger partial charge in [0.2, 0.25) is 15.9 Å². The van der Waals surface area contributed by atoms with Crippen molar-refractivity contribution in [2.75, 3.05) is 33.4 Å². The molecule has 1 amide bonds. The molecule has 1 unspecified atom stereocenters. The van der Waals surface area contributed by atoms with Crippen LogP contribution in [0.15, 0.2) is 33.7 Å². The third-order valence-electron chi connectivity index (χ3n) is 6.64. The molecule has 2 aliphatic heterocycles. The van der Waals surface area contributed by atoms with Crippen molar-refractivity contribution in [2.24, 2.45) is 5.92 Å². The summed E-state index contributed by atoms with van der Waals surface area (Å²) in [4.78, 5) is 15.6. The normalized spacial score (nSPS) is 19.9. The van der Waals surface area contributed by atoms with Crippen LogP contribution in [0.2, 0.25) is 0 Å². The van der Waals surface area contributed by atoms with E-state index in [1.807, 2.05) is 29.2 Å². The highest BCUT2D eigenvalue weighted by molar-refractivity contribution is 7.89. The van der Waals surface area contributed by atoms with E-state index < -0.39 is 10.0 Å². The average molecular weight is 492 g/mol. The molecule has 0 spiro atoms. The third-order valence-corrected chi connectivity index (χ3v) is 8.78. The monoisotopic (exact) mass is 491 g/mol. The maximum Gasteiger partial charge on any atom is 0.248 e. The zero-order valence-electron chi connectivity index (χ0n) is 20.0. The Labute approximate surface area is 201 Å². The van der Waals surface area contributed by atoms with Crippen LogP contribution in [0.3, 0.4) is 0 Å². The molecule has 0 N–H and O–H groups in total. The number of aryl methyl sites for hydroxylation is 2. The predicted molar refractivity (Wildman–Crippen MR) is 125 cm³/mol. The summed E-state index contributed by atoms with van der Waals surface area (Å²) in [5.41, 5.74) is 1.35. The van der Waals surface area contributed by atoms with E-state index in [0.717, 1.165) is 30.8 Å². The number of aromatic nitrogens is 1. The summed E-state index contributed by atoms with van der Waals surface area (Å²) in [5, 5.41) is 3.78. The Bertz CT molecular complexity index is 1080. The van der Waals surface area contributed by atoms with Crippen LogP contribution in [0.4, 0.5) is 0 Å². The van der Waals surface area contributed by atoms with Gasteiger partial charge >= 0.3 is 0 Å². The molecule has 10 heteroatoms. The molecule has 4 rings (SSSR count). The number of ether oxygens (including phenoxy) is 2. The molecule has 0 aliphatic carbocycles. The van der Waals surface area contributed by atoms with E-state index in [4.69, 9.17) is 14.0 Å². The number of piperidine rings is 1. The van der Waals surface area contributed by atoms with Gasteiger partial charge in [0.1, 0.15) is 16.3 Å². The Hall–Kier alpha value is -2.43. The molecule has 34 heavy (non-hydrogen) atoms. The molecule has 1 atom stereocenters. The van der Waals surface area contributed by atoms with Crippen molar-refractivity contribution in [3.05, 3.63) is 41.3 Å². The molecule has 2 aliphatic rings. The summed E-state index contributed by atoms with van der Waals surface area (Å²) in [7, 11) is -2.08. The van der Waals surface area contributed by atoms with E-state index in [-0.39, 0.29) is 41.7 Å². The minimum atomic E-state index is -3.71. The lowest BCUT2D eigenvalue weighted by Gasteiger charge is -2.34. The molecule has 0 saturated carbocycles. The summed E-state index contributed by atoms with van der Waals surface area (Å²) in [6.07, 6.45) is 2.93. The van der Waals surface area contributed by atoms with Gasteiger partial charge in [0.15, 0.2) is 5.76 Å².